The quantitative estimate of drug-likeness (QED) is 0.483. The number of carbonyl (C=O) groups excluding carboxylic acids is 1. The van der Waals surface area contributed by atoms with Gasteiger partial charge in [0.15, 0.2) is 11.5 Å². The van der Waals surface area contributed by atoms with Crippen LogP contribution >= 0.6 is 0 Å². The third-order valence-electron chi connectivity index (χ3n) is 5.06. The summed E-state index contributed by atoms with van der Waals surface area (Å²) >= 11 is 0. The molecule has 3 aromatic rings. The summed E-state index contributed by atoms with van der Waals surface area (Å²) in [6.45, 7) is 7.63. The Labute approximate surface area is 187 Å². The molecule has 3 rings (SSSR count). The van der Waals surface area contributed by atoms with Gasteiger partial charge in [0.25, 0.3) is 0 Å². The predicted molar refractivity (Wildman–Crippen MR) is 125 cm³/mol. The van der Waals surface area contributed by atoms with Crippen molar-refractivity contribution in [2.45, 2.75) is 13.8 Å². The molecule has 0 fully saturated rings. The lowest BCUT2D eigenvalue weighted by Gasteiger charge is -2.19. The van der Waals surface area contributed by atoms with Gasteiger partial charge >= 0.3 is 6.09 Å². The summed E-state index contributed by atoms with van der Waals surface area (Å²) in [6.07, 6.45) is 0.985. The van der Waals surface area contributed by atoms with Gasteiger partial charge in [0.05, 0.1) is 19.7 Å². The van der Waals surface area contributed by atoms with E-state index in [4.69, 9.17) is 9.47 Å². The molecule has 9 nitrogen and oxygen atoms in total. The number of anilines is 3. The second-order valence-corrected chi connectivity index (χ2v) is 6.94. The summed E-state index contributed by atoms with van der Waals surface area (Å²) in [6, 6.07) is 10.9. The van der Waals surface area contributed by atoms with E-state index in [0.717, 1.165) is 36.2 Å². The molecular weight excluding hydrogens is 410 g/mol. The van der Waals surface area contributed by atoms with Crippen LogP contribution in [0.1, 0.15) is 13.8 Å². The van der Waals surface area contributed by atoms with E-state index in [2.05, 4.69) is 44.1 Å². The van der Waals surface area contributed by atoms with Gasteiger partial charge in [-0.05, 0) is 43.4 Å². The number of likely N-dealkylation sites (N-methyl/N-ethyl adjacent to an activating group) is 1. The number of rotatable bonds is 10. The first-order valence-corrected chi connectivity index (χ1v) is 10.5. The van der Waals surface area contributed by atoms with Crippen molar-refractivity contribution >= 4 is 34.2 Å². The third kappa shape index (κ3) is 5.76. The van der Waals surface area contributed by atoms with Crippen molar-refractivity contribution in [3.63, 3.8) is 0 Å². The second-order valence-electron chi connectivity index (χ2n) is 6.94. The first kappa shape index (κ1) is 23.1. The van der Waals surface area contributed by atoms with Crippen LogP contribution in [0.15, 0.2) is 42.7 Å². The Morgan fingerprint density at radius 1 is 1.00 bits per heavy atom. The van der Waals surface area contributed by atoms with Gasteiger partial charge in [0, 0.05) is 29.4 Å². The molecule has 0 saturated carbocycles. The smallest absolute Gasteiger partial charge is 0.411 e. The van der Waals surface area contributed by atoms with E-state index in [1.54, 1.807) is 19.2 Å². The highest BCUT2D eigenvalue weighted by atomic mass is 16.5. The molecule has 9 heteroatoms. The van der Waals surface area contributed by atoms with Gasteiger partial charge in [-0.25, -0.2) is 14.8 Å². The largest absolute Gasteiger partial charge is 0.493 e. The Hall–Kier alpha value is -3.59. The van der Waals surface area contributed by atoms with Gasteiger partial charge in [0.2, 0.25) is 0 Å². The Morgan fingerprint density at radius 3 is 2.38 bits per heavy atom. The standard InChI is InChI=1S/C23H29N5O4/c1-5-28(6-2)11-12-32-21-14-19-18(13-20(21)30-3)22(25-15-24-19)26-16-7-9-17(10-8-16)27-23(29)31-4/h7-10,13-15H,5-6,11-12H2,1-4H3,(H,27,29)(H,24,25,26). The molecule has 0 aliphatic heterocycles. The molecule has 1 heterocycles. The maximum atomic E-state index is 11.3. The fraction of sp³-hybridized carbons (Fsp3) is 0.348. The van der Waals surface area contributed by atoms with Gasteiger partial charge in [-0.15, -0.1) is 0 Å². The molecule has 0 atom stereocenters. The zero-order chi connectivity index (χ0) is 22.9. The molecule has 1 amide bonds. The normalized spacial score (nSPS) is 10.8. The van der Waals surface area contributed by atoms with Crippen molar-refractivity contribution in [3.8, 4) is 11.5 Å². The number of carbonyl (C=O) groups is 1. The Bertz CT molecular complexity index is 1040. The number of methoxy groups -OCH3 is 2. The molecule has 0 unspecified atom stereocenters. The van der Waals surface area contributed by atoms with Crippen LogP contribution in [0, 0.1) is 0 Å². The average molecular weight is 440 g/mol. The number of nitrogens with zero attached hydrogens (tertiary/aromatic N) is 3. The maximum Gasteiger partial charge on any atom is 0.411 e. The number of hydrogen-bond acceptors (Lipinski definition) is 8. The number of benzene rings is 2. The molecule has 2 aromatic carbocycles. The number of amides is 1. The monoisotopic (exact) mass is 439 g/mol. The van der Waals surface area contributed by atoms with Crippen molar-refractivity contribution in [1.82, 2.24) is 14.9 Å². The van der Waals surface area contributed by atoms with Crippen LogP contribution in [0.25, 0.3) is 10.9 Å². The molecule has 0 radical (unpaired) electrons. The Kier molecular flexibility index (Phi) is 8.04. The van der Waals surface area contributed by atoms with Crippen LogP contribution in [0.3, 0.4) is 0 Å². The van der Waals surface area contributed by atoms with E-state index in [1.165, 1.54) is 13.4 Å². The number of ether oxygens (including phenoxy) is 3. The first-order valence-electron chi connectivity index (χ1n) is 10.5. The zero-order valence-corrected chi connectivity index (χ0v) is 18.8. The van der Waals surface area contributed by atoms with E-state index in [9.17, 15) is 4.79 Å². The van der Waals surface area contributed by atoms with Gasteiger partial charge in [0.1, 0.15) is 18.8 Å². The highest BCUT2D eigenvalue weighted by Gasteiger charge is 2.12. The van der Waals surface area contributed by atoms with Crippen molar-refractivity contribution in [1.29, 1.82) is 0 Å². The molecule has 0 saturated heterocycles. The molecule has 0 bridgehead atoms. The molecule has 32 heavy (non-hydrogen) atoms. The molecular formula is C23H29N5O4. The summed E-state index contributed by atoms with van der Waals surface area (Å²) in [4.78, 5) is 22.4. The van der Waals surface area contributed by atoms with Crippen LogP contribution in [0.4, 0.5) is 22.0 Å². The SMILES string of the molecule is CCN(CC)CCOc1cc2ncnc(Nc3ccc(NC(=O)OC)cc3)c2cc1OC. The van der Waals surface area contributed by atoms with Crippen molar-refractivity contribution < 1.29 is 19.0 Å². The Balaban J connectivity index is 1.79. The minimum atomic E-state index is -0.519. The predicted octanol–water partition coefficient (Wildman–Crippen LogP) is 4.28. The van der Waals surface area contributed by atoms with Crippen LogP contribution in [0.5, 0.6) is 11.5 Å². The molecule has 0 aliphatic carbocycles. The summed E-state index contributed by atoms with van der Waals surface area (Å²) in [5, 5.41) is 6.71. The number of hydrogen-bond donors (Lipinski definition) is 2. The highest BCUT2D eigenvalue weighted by molar-refractivity contribution is 5.93. The number of aromatic nitrogens is 2. The van der Waals surface area contributed by atoms with E-state index >= 15 is 0 Å². The Morgan fingerprint density at radius 2 is 1.72 bits per heavy atom. The van der Waals surface area contributed by atoms with E-state index in [1.807, 2.05) is 24.3 Å². The fourth-order valence-corrected chi connectivity index (χ4v) is 3.20. The van der Waals surface area contributed by atoms with Crippen LogP contribution in [-0.4, -0.2) is 61.4 Å². The van der Waals surface area contributed by atoms with Crippen molar-refractivity contribution in [2.24, 2.45) is 0 Å². The molecule has 1 aromatic heterocycles. The highest BCUT2D eigenvalue weighted by Crippen LogP contribution is 2.34. The molecule has 170 valence electrons. The van der Waals surface area contributed by atoms with E-state index in [-0.39, 0.29) is 0 Å². The van der Waals surface area contributed by atoms with Crippen LogP contribution in [-0.2, 0) is 4.74 Å². The lowest BCUT2D eigenvalue weighted by atomic mass is 10.2. The summed E-state index contributed by atoms with van der Waals surface area (Å²) in [7, 11) is 2.93. The average Bonchev–Trinajstić information content (AvgIpc) is 2.82. The van der Waals surface area contributed by atoms with E-state index in [0.29, 0.717) is 29.6 Å². The lowest BCUT2D eigenvalue weighted by Crippen LogP contribution is -2.27. The zero-order valence-electron chi connectivity index (χ0n) is 18.8. The van der Waals surface area contributed by atoms with E-state index < -0.39 is 6.09 Å². The number of nitrogens with one attached hydrogen (secondary N) is 2. The van der Waals surface area contributed by atoms with Gasteiger partial charge < -0.3 is 24.4 Å². The van der Waals surface area contributed by atoms with Crippen LogP contribution in [0.2, 0.25) is 0 Å². The van der Waals surface area contributed by atoms with Crippen LogP contribution < -0.4 is 20.1 Å². The maximum absolute atomic E-state index is 11.3. The summed E-state index contributed by atoms with van der Waals surface area (Å²) < 4.78 is 16.1. The lowest BCUT2D eigenvalue weighted by molar-refractivity contribution is 0.187. The summed E-state index contributed by atoms with van der Waals surface area (Å²) in [5.41, 5.74) is 2.17. The molecule has 0 spiro atoms. The molecule has 2 N–H and O–H groups in total. The topological polar surface area (TPSA) is 97.8 Å². The van der Waals surface area contributed by atoms with Gasteiger partial charge in [-0.1, -0.05) is 13.8 Å². The number of fused-ring (bicyclic) bond motifs is 1. The van der Waals surface area contributed by atoms with Crippen molar-refractivity contribution in [2.75, 3.05) is 51.1 Å². The van der Waals surface area contributed by atoms with Crippen molar-refractivity contribution in [3.05, 3.63) is 42.7 Å². The minimum absolute atomic E-state index is 0.519. The third-order valence-corrected chi connectivity index (χ3v) is 5.06. The molecule has 0 aliphatic rings. The fourth-order valence-electron chi connectivity index (χ4n) is 3.20. The van der Waals surface area contributed by atoms with Gasteiger partial charge in [-0.3, -0.25) is 5.32 Å². The summed E-state index contributed by atoms with van der Waals surface area (Å²) in [5.74, 6) is 1.90. The first-order chi connectivity index (χ1) is 15.6. The van der Waals surface area contributed by atoms with Gasteiger partial charge in [-0.2, -0.15) is 0 Å². The minimum Gasteiger partial charge on any atom is -0.493 e. The second kappa shape index (κ2) is 11.1.